The molecule has 218 valence electrons. The number of amides is 1. The van der Waals surface area contributed by atoms with Crippen molar-refractivity contribution in [3.63, 3.8) is 0 Å². The first kappa shape index (κ1) is 30.3. The molecule has 7 atom stereocenters. The minimum atomic E-state index is -2.75. The molecule has 11 heteroatoms. The summed E-state index contributed by atoms with van der Waals surface area (Å²) in [6.07, 6.45) is 0.108. The molecule has 0 heterocycles. The van der Waals surface area contributed by atoms with Gasteiger partial charge in [0.1, 0.15) is 5.75 Å². The lowest BCUT2D eigenvalue weighted by Crippen LogP contribution is -2.74. The van der Waals surface area contributed by atoms with Crippen molar-refractivity contribution >= 4 is 40.6 Å². The number of halogens is 1. The Morgan fingerprint density at radius 1 is 1.18 bits per heavy atom. The standard InChI is InChI=1S/C29H38ClN3O7/c1-12(28(2,3)4)33(7)11-14-10-17(34)19-15(21(14)30)8-13-9-16-22(32(5)6)24(36)20(27(31)39)26(38)29(16,40)25(37)18(13)23(19)35/h10,12-13,16,18,20,22,34,40H,8-9,11H2,1-7H3,(H2,31,39). The molecular weight excluding hydrogens is 538 g/mol. The van der Waals surface area contributed by atoms with Gasteiger partial charge in [-0.25, -0.2) is 0 Å². The van der Waals surface area contributed by atoms with Crippen LogP contribution in [0.2, 0.25) is 5.02 Å². The third kappa shape index (κ3) is 4.40. The Bertz CT molecular complexity index is 1320. The highest BCUT2D eigenvalue weighted by Gasteiger charge is 2.69. The van der Waals surface area contributed by atoms with Crippen molar-refractivity contribution in [1.82, 2.24) is 9.80 Å². The molecule has 0 bridgehead atoms. The molecule has 1 amide bonds. The first-order valence-corrected chi connectivity index (χ1v) is 13.8. The molecule has 4 rings (SSSR count). The quantitative estimate of drug-likeness (QED) is 0.441. The van der Waals surface area contributed by atoms with Crippen molar-refractivity contribution in [3.05, 3.63) is 27.8 Å². The molecule has 3 aliphatic carbocycles. The monoisotopic (exact) mass is 575 g/mol. The zero-order chi connectivity index (χ0) is 30.2. The van der Waals surface area contributed by atoms with Gasteiger partial charge in [0.15, 0.2) is 34.7 Å². The Labute approximate surface area is 238 Å². The number of benzene rings is 1. The van der Waals surface area contributed by atoms with Crippen LogP contribution in [0.25, 0.3) is 0 Å². The summed E-state index contributed by atoms with van der Waals surface area (Å²) in [6, 6.07) is 0.436. The fourth-order valence-electron chi connectivity index (χ4n) is 6.89. The largest absolute Gasteiger partial charge is 0.507 e. The molecule has 4 N–H and O–H groups in total. The van der Waals surface area contributed by atoms with E-state index >= 15 is 0 Å². The topological polar surface area (TPSA) is 158 Å². The van der Waals surface area contributed by atoms with Crippen LogP contribution in [-0.4, -0.2) is 87.9 Å². The Morgan fingerprint density at radius 3 is 2.30 bits per heavy atom. The van der Waals surface area contributed by atoms with Gasteiger partial charge in [-0.1, -0.05) is 32.4 Å². The van der Waals surface area contributed by atoms with Gasteiger partial charge in [-0.3, -0.25) is 33.8 Å². The number of carbonyl (C=O) groups excluding carboxylic acids is 5. The maximum atomic E-state index is 13.9. The first-order chi connectivity index (χ1) is 18.3. The minimum absolute atomic E-state index is 0.0217. The number of primary amides is 1. The van der Waals surface area contributed by atoms with E-state index < -0.39 is 64.4 Å². The van der Waals surface area contributed by atoms with Gasteiger partial charge in [-0.2, -0.15) is 0 Å². The molecular formula is C29H38ClN3O7. The number of aliphatic hydroxyl groups is 1. The van der Waals surface area contributed by atoms with Gasteiger partial charge in [-0.05, 0) is 69.4 Å². The molecule has 0 radical (unpaired) electrons. The van der Waals surface area contributed by atoms with E-state index in [1.807, 2.05) is 7.05 Å². The lowest BCUT2D eigenvalue weighted by atomic mass is 9.52. The molecule has 3 aliphatic rings. The van der Waals surface area contributed by atoms with Gasteiger partial charge in [0, 0.05) is 23.5 Å². The summed E-state index contributed by atoms with van der Waals surface area (Å²) >= 11 is 6.85. The third-order valence-corrected chi connectivity index (χ3v) is 9.87. The van der Waals surface area contributed by atoms with E-state index in [4.69, 9.17) is 17.3 Å². The van der Waals surface area contributed by atoms with Crippen molar-refractivity contribution in [2.45, 2.75) is 64.8 Å². The van der Waals surface area contributed by atoms with Crippen LogP contribution in [0.15, 0.2) is 6.07 Å². The normalized spacial score (nSPS) is 31.2. The molecule has 1 aromatic rings. The van der Waals surface area contributed by atoms with Crippen LogP contribution in [-0.2, 0) is 32.1 Å². The van der Waals surface area contributed by atoms with E-state index in [1.165, 1.54) is 11.0 Å². The number of Topliss-reactive ketones (excluding diaryl/α,β-unsaturated/α-hetero) is 4. The summed E-state index contributed by atoms with van der Waals surface area (Å²) in [4.78, 5) is 69.8. The third-order valence-electron chi connectivity index (χ3n) is 9.40. The van der Waals surface area contributed by atoms with Crippen molar-refractivity contribution in [3.8, 4) is 5.75 Å². The van der Waals surface area contributed by atoms with Gasteiger partial charge < -0.3 is 15.9 Å². The molecule has 40 heavy (non-hydrogen) atoms. The number of hydrogen-bond acceptors (Lipinski definition) is 9. The number of phenols is 1. The van der Waals surface area contributed by atoms with Crippen LogP contribution >= 0.6 is 11.6 Å². The van der Waals surface area contributed by atoms with Gasteiger partial charge in [0.2, 0.25) is 5.91 Å². The van der Waals surface area contributed by atoms with Crippen molar-refractivity contribution in [1.29, 1.82) is 0 Å². The number of rotatable bonds is 5. The summed E-state index contributed by atoms with van der Waals surface area (Å²) in [5.74, 6) is -10.8. The smallest absolute Gasteiger partial charge is 0.235 e. The van der Waals surface area contributed by atoms with Crippen molar-refractivity contribution in [2.24, 2.45) is 34.8 Å². The van der Waals surface area contributed by atoms with Gasteiger partial charge in [-0.15, -0.1) is 0 Å². The van der Waals surface area contributed by atoms with E-state index in [0.29, 0.717) is 22.7 Å². The van der Waals surface area contributed by atoms with Crippen LogP contribution in [0.4, 0.5) is 0 Å². The summed E-state index contributed by atoms with van der Waals surface area (Å²) in [7, 11) is 5.04. The Balaban J connectivity index is 1.79. The van der Waals surface area contributed by atoms with E-state index in [2.05, 4.69) is 32.6 Å². The molecule has 0 aromatic heterocycles. The first-order valence-electron chi connectivity index (χ1n) is 13.4. The summed E-state index contributed by atoms with van der Waals surface area (Å²) in [6.45, 7) is 8.85. The minimum Gasteiger partial charge on any atom is -0.507 e. The zero-order valence-electron chi connectivity index (χ0n) is 23.9. The SMILES string of the molecule is CC(N(C)Cc1cc(O)c2c(c1Cl)CC1CC3C(N(C)C)C(=O)C(C(N)=O)C(=O)C3(O)C(=O)C1C2=O)C(C)(C)C. The Kier molecular flexibility index (Phi) is 7.58. The number of likely N-dealkylation sites (N-methyl/N-ethyl adjacent to an activating group) is 1. The van der Waals surface area contributed by atoms with Gasteiger partial charge in [0.05, 0.1) is 17.5 Å². The maximum Gasteiger partial charge on any atom is 0.235 e. The number of hydrogen-bond donors (Lipinski definition) is 3. The average Bonchev–Trinajstić information content (AvgIpc) is 2.82. The van der Waals surface area contributed by atoms with Gasteiger partial charge >= 0.3 is 0 Å². The Hall–Kier alpha value is -2.66. The highest BCUT2D eigenvalue weighted by molar-refractivity contribution is 6.34. The fraction of sp³-hybridized carbons (Fsp3) is 0.621. The van der Waals surface area contributed by atoms with Crippen LogP contribution in [0, 0.1) is 29.1 Å². The zero-order valence-corrected chi connectivity index (χ0v) is 24.7. The second-order valence-corrected chi connectivity index (χ2v) is 13.3. The van der Waals surface area contributed by atoms with Crippen LogP contribution in [0.3, 0.4) is 0 Å². The molecule has 2 fully saturated rings. The lowest BCUT2D eigenvalue weighted by molar-refractivity contribution is -0.181. The maximum absolute atomic E-state index is 13.9. The van der Waals surface area contributed by atoms with Gasteiger partial charge in [0.25, 0.3) is 0 Å². The molecule has 0 saturated heterocycles. The van der Waals surface area contributed by atoms with E-state index in [0.717, 1.165) is 0 Å². The number of nitrogens with zero attached hydrogens (tertiary/aromatic N) is 2. The average molecular weight is 576 g/mol. The molecule has 0 spiro atoms. The summed E-state index contributed by atoms with van der Waals surface area (Å²) < 4.78 is 0. The number of phenolic OH excluding ortho intramolecular Hbond substituents is 1. The number of aromatic hydroxyl groups is 1. The van der Waals surface area contributed by atoms with Crippen LogP contribution in [0.5, 0.6) is 5.75 Å². The molecule has 1 aromatic carbocycles. The predicted octanol–water partition coefficient (Wildman–Crippen LogP) is 1.39. The molecule has 2 saturated carbocycles. The van der Waals surface area contributed by atoms with Crippen LogP contribution < -0.4 is 5.73 Å². The number of nitrogens with two attached hydrogens (primary N) is 1. The molecule has 10 nitrogen and oxygen atoms in total. The number of carbonyl (C=O) groups is 5. The second kappa shape index (κ2) is 10.0. The summed E-state index contributed by atoms with van der Waals surface area (Å²) in [5.41, 5.74) is 3.50. The predicted molar refractivity (Wildman–Crippen MR) is 147 cm³/mol. The molecule has 7 unspecified atom stereocenters. The Morgan fingerprint density at radius 2 is 1.77 bits per heavy atom. The highest BCUT2D eigenvalue weighted by atomic mass is 35.5. The van der Waals surface area contributed by atoms with Crippen molar-refractivity contribution in [2.75, 3.05) is 21.1 Å². The number of ketones is 4. The molecule has 0 aliphatic heterocycles. The lowest BCUT2D eigenvalue weighted by Gasteiger charge is -2.52. The van der Waals surface area contributed by atoms with Crippen molar-refractivity contribution < 1.29 is 34.2 Å². The van der Waals surface area contributed by atoms with E-state index in [9.17, 15) is 34.2 Å². The van der Waals surface area contributed by atoms with Crippen LogP contribution in [0.1, 0.15) is 55.6 Å². The second-order valence-electron chi connectivity index (χ2n) is 13.0. The number of fused-ring (bicyclic) bond motifs is 3. The van der Waals surface area contributed by atoms with E-state index in [-0.39, 0.29) is 35.6 Å². The summed E-state index contributed by atoms with van der Waals surface area (Å²) in [5, 5.41) is 22.9. The van der Waals surface area contributed by atoms with E-state index in [1.54, 1.807) is 14.1 Å². The highest BCUT2D eigenvalue weighted by Crippen LogP contribution is 2.52. The fourth-order valence-corrected chi connectivity index (χ4v) is 7.18.